The highest BCUT2D eigenvalue weighted by atomic mass is 19.1. The minimum absolute atomic E-state index is 0.239. The van der Waals surface area contributed by atoms with E-state index >= 15 is 0 Å². The van der Waals surface area contributed by atoms with Crippen molar-refractivity contribution in [1.82, 2.24) is 0 Å². The Labute approximate surface area is 195 Å². The maximum Gasteiger partial charge on any atom is 0.255 e. The molecule has 34 heavy (non-hydrogen) atoms. The van der Waals surface area contributed by atoms with Crippen LogP contribution in [0, 0.1) is 5.82 Å². The summed E-state index contributed by atoms with van der Waals surface area (Å²) in [6, 6.07) is 22.0. The molecule has 8 heteroatoms. The minimum Gasteiger partial charge on any atom is -0.497 e. The maximum atomic E-state index is 13.4. The number of carbonyl (C=O) groups is 1. The lowest BCUT2D eigenvalue weighted by Gasteiger charge is -2.34. The first-order valence-electron chi connectivity index (χ1n) is 10.6. The Hall–Kier alpha value is -4.43. The van der Waals surface area contributed by atoms with Gasteiger partial charge in [0.25, 0.3) is 5.91 Å². The maximum absolute atomic E-state index is 13.4. The number of benzene rings is 3. The number of nitrogens with zero attached hydrogens (tertiary/aromatic N) is 2. The van der Waals surface area contributed by atoms with Gasteiger partial charge in [-0.2, -0.15) is 4.99 Å². The number of methoxy groups -OCH3 is 1. The fourth-order valence-corrected chi connectivity index (χ4v) is 3.81. The van der Waals surface area contributed by atoms with Crippen molar-refractivity contribution in [1.29, 1.82) is 0 Å². The molecule has 0 radical (unpaired) electrons. The summed E-state index contributed by atoms with van der Waals surface area (Å²) in [6.45, 7) is 0. The van der Waals surface area contributed by atoms with E-state index in [0.717, 1.165) is 22.6 Å². The fraction of sp³-hybridized carbons (Fsp3) is 0.0769. The van der Waals surface area contributed by atoms with Crippen molar-refractivity contribution in [2.45, 2.75) is 6.17 Å². The third kappa shape index (κ3) is 4.02. The van der Waals surface area contributed by atoms with Gasteiger partial charge in [-0.25, -0.2) is 4.39 Å². The van der Waals surface area contributed by atoms with Crippen LogP contribution in [0.5, 0.6) is 5.75 Å². The van der Waals surface area contributed by atoms with E-state index in [1.54, 1.807) is 37.6 Å². The number of nitrogens with one attached hydrogen (secondary N) is 1. The smallest absolute Gasteiger partial charge is 0.255 e. The molecule has 0 spiro atoms. The van der Waals surface area contributed by atoms with Gasteiger partial charge in [-0.05, 0) is 72.8 Å². The van der Waals surface area contributed by atoms with Gasteiger partial charge in [-0.3, -0.25) is 4.79 Å². The second-order valence-corrected chi connectivity index (χ2v) is 7.67. The quantitative estimate of drug-likeness (QED) is 0.429. The Bertz CT molecular complexity index is 1360. The zero-order valence-corrected chi connectivity index (χ0v) is 18.2. The normalized spacial score (nSPS) is 14.9. The molecule has 3 aromatic carbocycles. The van der Waals surface area contributed by atoms with E-state index < -0.39 is 17.9 Å². The number of aliphatic imine (C=N–C) groups is 1. The summed E-state index contributed by atoms with van der Waals surface area (Å²) in [6.07, 6.45) is 1.03. The van der Waals surface area contributed by atoms with Gasteiger partial charge in [0.05, 0.1) is 18.9 Å². The number of fused-ring (bicyclic) bond motifs is 1. The minimum atomic E-state index is -0.531. The second kappa shape index (κ2) is 8.84. The molecule has 0 bridgehead atoms. The lowest BCUT2D eigenvalue weighted by molar-refractivity contribution is 0.102. The van der Waals surface area contributed by atoms with E-state index in [0.29, 0.717) is 17.4 Å². The Kier molecular flexibility index (Phi) is 5.57. The van der Waals surface area contributed by atoms with Crippen LogP contribution in [-0.4, -0.2) is 18.9 Å². The van der Waals surface area contributed by atoms with Crippen LogP contribution < -0.4 is 20.7 Å². The number of furan rings is 1. The van der Waals surface area contributed by atoms with Crippen molar-refractivity contribution in [2.75, 3.05) is 17.3 Å². The van der Waals surface area contributed by atoms with Crippen molar-refractivity contribution in [2.24, 2.45) is 10.7 Å². The first-order valence-corrected chi connectivity index (χ1v) is 10.6. The SMILES string of the molecule is COc1ccc(C2=Nc3occc3C(N)N2c2ccc(NC(=O)c3cccc(F)c3)cc2)cc1. The predicted molar refractivity (Wildman–Crippen MR) is 128 cm³/mol. The van der Waals surface area contributed by atoms with E-state index in [2.05, 4.69) is 5.32 Å². The fourth-order valence-electron chi connectivity index (χ4n) is 3.81. The molecule has 0 saturated carbocycles. The molecular formula is C26H21FN4O3. The van der Waals surface area contributed by atoms with Gasteiger partial charge < -0.3 is 25.1 Å². The average Bonchev–Trinajstić information content (AvgIpc) is 3.34. The van der Waals surface area contributed by atoms with Crippen LogP contribution in [0.2, 0.25) is 0 Å². The zero-order chi connectivity index (χ0) is 23.7. The Morgan fingerprint density at radius 1 is 1.09 bits per heavy atom. The number of hydrogen-bond donors (Lipinski definition) is 2. The van der Waals surface area contributed by atoms with Gasteiger partial charge in [0.2, 0.25) is 5.88 Å². The Morgan fingerprint density at radius 2 is 1.85 bits per heavy atom. The van der Waals surface area contributed by atoms with E-state index in [9.17, 15) is 9.18 Å². The van der Waals surface area contributed by atoms with Crippen molar-refractivity contribution >= 4 is 29.0 Å². The molecule has 1 aliphatic heterocycles. The molecule has 5 rings (SSSR count). The molecule has 1 amide bonds. The van der Waals surface area contributed by atoms with Crippen molar-refractivity contribution in [3.63, 3.8) is 0 Å². The molecule has 1 atom stereocenters. The summed E-state index contributed by atoms with van der Waals surface area (Å²) in [4.78, 5) is 19.1. The van der Waals surface area contributed by atoms with Gasteiger partial charge in [0.15, 0.2) is 0 Å². The summed E-state index contributed by atoms with van der Waals surface area (Å²) in [5, 5.41) is 2.78. The molecule has 4 aromatic rings. The lowest BCUT2D eigenvalue weighted by Crippen LogP contribution is -2.41. The van der Waals surface area contributed by atoms with Crippen molar-refractivity contribution in [3.8, 4) is 5.75 Å². The van der Waals surface area contributed by atoms with Crippen molar-refractivity contribution in [3.05, 3.63) is 108 Å². The van der Waals surface area contributed by atoms with Gasteiger partial charge in [0, 0.05) is 22.5 Å². The number of anilines is 2. The largest absolute Gasteiger partial charge is 0.497 e. The van der Waals surface area contributed by atoms with E-state index in [4.69, 9.17) is 19.9 Å². The number of rotatable bonds is 5. The number of ether oxygens (including phenoxy) is 1. The summed E-state index contributed by atoms with van der Waals surface area (Å²) in [7, 11) is 1.61. The third-order valence-corrected chi connectivity index (χ3v) is 5.55. The lowest BCUT2D eigenvalue weighted by atomic mass is 10.1. The third-order valence-electron chi connectivity index (χ3n) is 5.55. The molecule has 170 valence electrons. The van der Waals surface area contributed by atoms with Crippen LogP contribution in [0.1, 0.15) is 27.7 Å². The van der Waals surface area contributed by atoms with Gasteiger partial charge in [-0.15, -0.1) is 0 Å². The summed E-state index contributed by atoms with van der Waals surface area (Å²) in [5.74, 6) is 0.951. The van der Waals surface area contributed by atoms with Crippen LogP contribution in [0.25, 0.3) is 0 Å². The Balaban J connectivity index is 1.45. The highest BCUT2D eigenvalue weighted by Crippen LogP contribution is 2.38. The standard InChI is InChI=1S/C26H21FN4O3/c1-33-21-11-5-16(6-12-21)24-30-26-22(13-14-34-26)23(28)31(24)20-9-7-19(8-10-20)29-25(32)17-3-2-4-18(27)15-17/h2-15,23H,28H2,1H3,(H,29,32). The number of carbonyl (C=O) groups excluding carboxylic acids is 1. The summed E-state index contributed by atoms with van der Waals surface area (Å²) in [5.41, 5.74) is 9.79. The van der Waals surface area contributed by atoms with Crippen LogP contribution in [0.15, 0.2) is 94.5 Å². The molecule has 0 aliphatic carbocycles. The number of amidine groups is 1. The van der Waals surface area contributed by atoms with Gasteiger partial charge >= 0.3 is 0 Å². The van der Waals surface area contributed by atoms with E-state index in [-0.39, 0.29) is 5.56 Å². The highest BCUT2D eigenvalue weighted by Gasteiger charge is 2.31. The number of amides is 1. The molecular weight excluding hydrogens is 435 g/mol. The molecule has 7 nitrogen and oxygen atoms in total. The highest BCUT2D eigenvalue weighted by molar-refractivity contribution is 6.12. The number of halogens is 1. The summed E-state index contributed by atoms with van der Waals surface area (Å²) >= 11 is 0. The van der Waals surface area contributed by atoms with Crippen LogP contribution in [0.3, 0.4) is 0 Å². The molecule has 0 fully saturated rings. The van der Waals surface area contributed by atoms with Crippen LogP contribution in [-0.2, 0) is 0 Å². The van der Waals surface area contributed by atoms with Crippen LogP contribution in [0.4, 0.5) is 21.6 Å². The van der Waals surface area contributed by atoms with Gasteiger partial charge in [0.1, 0.15) is 23.6 Å². The molecule has 1 aromatic heterocycles. The second-order valence-electron chi connectivity index (χ2n) is 7.67. The van der Waals surface area contributed by atoms with Gasteiger partial charge in [-0.1, -0.05) is 6.07 Å². The van der Waals surface area contributed by atoms with E-state index in [1.807, 2.05) is 41.3 Å². The first kappa shape index (κ1) is 21.4. The number of hydrogen-bond acceptors (Lipinski definition) is 6. The zero-order valence-electron chi connectivity index (χ0n) is 18.2. The monoisotopic (exact) mass is 456 g/mol. The number of nitrogens with two attached hydrogens (primary N) is 1. The topological polar surface area (TPSA) is 93.1 Å². The van der Waals surface area contributed by atoms with Crippen molar-refractivity contribution < 1.29 is 18.3 Å². The molecule has 2 heterocycles. The molecule has 3 N–H and O–H groups in total. The predicted octanol–water partition coefficient (Wildman–Crippen LogP) is 5.24. The first-order chi connectivity index (χ1) is 16.5. The van der Waals surface area contributed by atoms with E-state index in [1.165, 1.54) is 18.2 Å². The average molecular weight is 456 g/mol. The Morgan fingerprint density at radius 3 is 2.56 bits per heavy atom. The molecule has 1 aliphatic rings. The van der Waals surface area contributed by atoms with Crippen LogP contribution >= 0.6 is 0 Å². The molecule has 1 unspecified atom stereocenters. The summed E-state index contributed by atoms with van der Waals surface area (Å²) < 4.78 is 24.2. The molecule has 0 saturated heterocycles.